The summed E-state index contributed by atoms with van der Waals surface area (Å²) in [4.78, 5) is 12.7. The third-order valence-corrected chi connectivity index (χ3v) is 6.13. The predicted octanol–water partition coefficient (Wildman–Crippen LogP) is 2.45. The quantitative estimate of drug-likeness (QED) is 0.461. The van der Waals surface area contributed by atoms with Crippen molar-refractivity contribution in [1.29, 1.82) is 0 Å². The van der Waals surface area contributed by atoms with E-state index in [-0.39, 0.29) is 10.6 Å². The lowest BCUT2D eigenvalue weighted by Crippen LogP contribution is -2.39. The molecule has 1 atom stereocenters. The van der Waals surface area contributed by atoms with Crippen molar-refractivity contribution in [2.24, 2.45) is 0 Å². The minimum atomic E-state index is -3.64. The van der Waals surface area contributed by atoms with Crippen molar-refractivity contribution in [3.63, 3.8) is 0 Å². The first-order chi connectivity index (χ1) is 11.3. The van der Waals surface area contributed by atoms with Crippen LogP contribution in [0.5, 0.6) is 0 Å². The number of nitrogens with one attached hydrogen (secondary N) is 1. The normalized spacial score (nSPS) is 19.3. The van der Waals surface area contributed by atoms with Crippen molar-refractivity contribution in [2.45, 2.75) is 50.5 Å². The zero-order valence-electron chi connectivity index (χ0n) is 14.2. The molecule has 1 saturated heterocycles. The van der Waals surface area contributed by atoms with Gasteiger partial charge in [-0.25, -0.2) is 13.1 Å². The van der Waals surface area contributed by atoms with E-state index in [0.717, 1.165) is 19.5 Å². The van der Waals surface area contributed by atoms with Crippen molar-refractivity contribution in [3.8, 4) is 0 Å². The summed E-state index contributed by atoms with van der Waals surface area (Å²) >= 11 is 0. The van der Waals surface area contributed by atoms with Crippen LogP contribution in [0, 0.1) is 17.0 Å². The smallest absolute Gasteiger partial charge is 0.269 e. The zero-order valence-corrected chi connectivity index (χ0v) is 15.0. The summed E-state index contributed by atoms with van der Waals surface area (Å²) in [7, 11) is -3.64. The fourth-order valence-corrected chi connectivity index (χ4v) is 4.40. The van der Waals surface area contributed by atoms with E-state index in [1.165, 1.54) is 37.5 Å². The van der Waals surface area contributed by atoms with E-state index in [1.54, 1.807) is 6.92 Å². The van der Waals surface area contributed by atoms with Gasteiger partial charge >= 0.3 is 0 Å². The molecular weight excluding hydrogens is 330 g/mol. The van der Waals surface area contributed by atoms with Gasteiger partial charge in [0.15, 0.2) is 0 Å². The second-order valence-electron chi connectivity index (χ2n) is 6.34. The number of nitrogens with zero attached hydrogens (tertiary/aromatic N) is 2. The molecule has 1 fully saturated rings. The predicted molar refractivity (Wildman–Crippen MR) is 92.5 cm³/mol. The molecule has 1 N–H and O–H groups in total. The Kier molecular flexibility index (Phi) is 6.31. The minimum absolute atomic E-state index is 0.0967. The summed E-state index contributed by atoms with van der Waals surface area (Å²) < 4.78 is 27.3. The Hall–Kier alpha value is -1.51. The number of non-ortho nitro benzene ring substituents is 1. The fourth-order valence-electron chi connectivity index (χ4n) is 3.10. The van der Waals surface area contributed by atoms with E-state index in [2.05, 4.69) is 16.5 Å². The maximum absolute atomic E-state index is 12.4. The first-order valence-electron chi connectivity index (χ1n) is 8.30. The van der Waals surface area contributed by atoms with Crippen LogP contribution in [-0.4, -0.2) is 43.9 Å². The van der Waals surface area contributed by atoms with Crippen LogP contribution < -0.4 is 4.72 Å². The molecule has 0 saturated carbocycles. The first kappa shape index (κ1) is 18.8. The van der Waals surface area contributed by atoms with Gasteiger partial charge in [0, 0.05) is 24.7 Å². The molecule has 24 heavy (non-hydrogen) atoms. The van der Waals surface area contributed by atoms with E-state index < -0.39 is 14.9 Å². The summed E-state index contributed by atoms with van der Waals surface area (Å²) in [5, 5.41) is 10.7. The number of hydrogen-bond donors (Lipinski definition) is 1. The second kappa shape index (κ2) is 8.04. The van der Waals surface area contributed by atoms with Gasteiger partial charge in [-0.05, 0) is 57.8 Å². The molecule has 0 radical (unpaired) electrons. The van der Waals surface area contributed by atoms with Crippen molar-refractivity contribution in [1.82, 2.24) is 9.62 Å². The fraction of sp³-hybridized carbons (Fsp3) is 0.625. The number of benzene rings is 1. The molecule has 1 aromatic rings. The van der Waals surface area contributed by atoms with Gasteiger partial charge < -0.3 is 4.90 Å². The molecule has 1 aliphatic rings. The van der Waals surface area contributed by atoms with Gasteiger partial charge in [-0.1, -0.05) is 6.42 Å². The topological polar surface area (TPSA) is 92.5 Å². The van der Waals surface area contributed by atoms with Gasteiger partial charge in [-0.3, -0.25) is 10.1 Å². The summed E-state index contributed by atoms with van der Waals surface area (Å²) in [6.07, 6.45) is 4.42. The SMILES string of the molecule is Cc1cc([N+](=O)[O-])ccc1S(=O)(=O)NCCCN1CCCCC1C. The van der Waals surface area contributed by atoms with Gasteiger partial charge in [-0.2, -0.15) is 0 Å². The number of hydrogen-bond acceptors (Lipinski definition) is 5. The third-order valence-electron chi connectivity index (χ3n) is 4.51. The molecule has 1 unspecified atom stereocenters. The van der Waals surface area contributed by atoms with Crippen molar-refractivity contribution >= 4 is 15.7 Å². The second-order valence-corrected chi connectivity index (χ2v) is 8.07. The van der Waals surface area contributed by atoms with E-state index in [9.17, 15) is 18.5 Å². The number of piperidine rings is 1. The lowest BCUT2D eigenvalue weighted by molar-refractivity contribution is -0.385. The molecule has 1 heterocycles. The largest absolute Gasteiger partial charge is 0.301 e. The summed E-state index contributed by atoms with van der Waals surface area (Å²) in [5.41, 5.74) is 0.270. The van der Waals surface area contributed by atoms with Crippen LogP contribution in [0.25, 0.3) is 0 Å². The minimum Gasteiger partial charge on any atom is -0.301 e. The van der Waals surface area contributed by atoms with Crippen LogP contribution in [0.4, 0.5) is 5.69 Å². The molecule has 134 valence electrons. The molecule has 1 aliphatic heterocycles. The average Bonchev–Trinajstić information content (AvgIpc) is 2.52. The number of nitro benzene ring substituents is 1. The Morgan fingerprint density at radius 2 is 2.12 bits per heavy atom. The summed E-state index contributed by atoms with van der Waals surface area (Å²) in [6, 6.07) is 4.36. The highest BCUT2D eigenvalue weighted by Gasteiger charge is 2.20. The zero-order chi connectivity index (χ0) is 17.7. The highest BCUT2D eigenvalue weighted by Crippen LogP contribution is 2.21. The standard InChI is InChI=1S/C16H25N3O4S/c1-13-12-15(19(20)21)7-8-16(13)24(22,23)17-9-5-11-18-10-4-3-6-14(18)2/h7-8,12,14,17H,3-6,9-11H2,1-2H3. The van der Waals surface area contributed by atoms with Crippen molar-refractivity contribution in [3.05, 3.63) is 33.9 Å². The Morgan fingerprint density at radius 3 is 2.75 bits per heavy atom. The van der Waals surface area contributed by atoms with Crippen LogP contribution in [0.15, 0.2) is 23.1 Å². The highest BCUT2D eigenvalue weighted by atomic mass is 32.2. The van der Waals surface area contributed by atoms with Crippen LogP contribution in [0.3, 0.4) is 0 Å². The summed E-state index contributed by atoms with van der Waals surface area (Å²) in [6.45, 7) is 6.10. The molecule has 0 aliphatic carbocycles. The highest BCUT2D eigenvalue weighted by molar-refractivity contribution is 7.89. The lowest BCUT2D eigenvalue weighted by Gasteiger charge is -2.33. The lowest BCUT2D eigenvalue weighted by atomic mass is 10.0. The summed E-state index contributed by atoms with van der Waals surface area (Å²) in [5.74, 6) is 0. The molecule has 0 spiro atoms. The molecule has 1 aromatic carbocycles. The van der Waals surface area contributed by atoms with Gasteiger partial charge in [-0.15, -0.1) is 0 Å². The molecule has 0 bridgehead atoms. The molecule has 2 rings (SSSR count). The Bertz CT molecular complexity index is 691. The molecule has 0 amide bonds. The van der Waals surface area contributed by atoms with E-state index in [0.29, 0.717) is 18.2 Å². The molecule has 0 aromatic heterocycles. The Labute approximate surface area is 143 Å². The maximum atomic E-state index is 12.4. The van der Waals surface area contributed by atoms with Crippen molar-refractivity contribution in [2.75, 3.05) is 19.6 Å². The molecule has 8 heteroatoms. The van der Waals surface area contributed by atoms with Crippen LogP contribution in [0.2, 0.25) is 0 Å². The maximum Gasteiger partial charge on any atom is 0.269 e. The van der Waals surface area contributed by atoms with Gasteiger partial charge in [0.2, 0.25) is 10.0 Å². The van der Waals surface area contributed by atoms with Crippen molar-refractivity contribution < 1.29 is 13.3 Å². The number of sulfonamides is 1. The Balaban J connectivity index is 1.90. The van der Waals surface area contributed by atoms with Gasteiger partial charge in [0.1, 0.15) is 0 Å². The number of likely N-dealkylation sites (tertiary alicyclic amines) is 1. The van der Waals surface area contributed by atoms with E-state index in [1.807, 2.05) is 0 Å². The first-order valence-corrected chi connectivity index (χ1v) is 9.78. The monoisotopic (exact) mass is 355 g/mol. The third kappa shape index (κ3) is 4.75. The van der Waals surface area contributed by atoms with E-state index >= 15 is 0 Å². The van der Waals surface area contributed by atoms with Crippen LogP contribution >= 0.6 is 0 Å². The average molecular weight is 355 g/mol. The molecule has 7 nitrogen and oxygen atoms in total. The molecular formula is C16H25N3O4S. The van der Waals surface area contributed by atoms with E-state index in [4.69, 9.17) is 0 Å². The number of nitro groups is 1. The Morgan fingerprint density at radius 1 is 1.38 bits per heavy atom. The number of aryl methyl sites for hydroxylation is 1. The van der Waals surface area contributed by atoms with Crippen LogP contribution in [0.1, 0.15) is 38.2 Å². The van der Waals surface area contributed by atoms with Gasteiger partial charge in [0.25, 0.3) is 5.69 Å². The van der Waals surface area contributed by atoms with Gasteiger partial charge in [0.05, 0.1) is 9.82 Å². The number of rotatable bonds is 7. The van der Waals surface area contributed by atoms with Crippen LogP contribution in [-0.2, 0) is 10.0 Å².